The van der Waals surface area contributed by atoms with Crippen LogP contribution < -0.4 is 15.1 Å². The number of carbonyl (C=O) groups excluding carboxylic acids is 1. The van der Waals surface area contributed by atoms with Gasteiger partial charge in [-0.1, -0.05) is 58.7 Å². The highest BCUT2D eigenvalue weighted by atomic mass is 35.5. The Balaban J connectivity index is 1.48. The number of nitrogens with zero attached hydrogens (tertiary/aromatic N) is 2. The second kappa shape index (κ2) is 8.94. The van der Waals surface area contributed by atoms with E-state index in [0.29, 0.717) is 38.9 Å². The lowest BCUT2D eigenvalue weighted by molar-refractivity contribution is 0.0969. The summed E-state index contributed by atoms with van der Waals surface area (Å²) in [6.07, 6.45) is 0. The van der Waals surface area contributed by atoms with E-state index < -0.39 is 11.9 Å². The molecule has 0 saturated carbocycles. The van der Waals surface area contributed by atoms with Gasteiger partial charge in [-0.2, -0.15) is 0 Å². The number of hydrogen-bond acceptors (Lipinski definition) is 6. The summed E-state index contributed by atoms with van der Waals surface area (Å²) < 4.78 is 17.3. The standard InChI is InChI=1S/C29H21ClN2O5/c1-16-10-11-23-21(12-16)27(33)25-26(32(29(34)28(25)36-23)24-13-17(2)37-31-24)18-7-5-8-20(14-18)35-15-19-6-3-4-9-22(19)30/h3-14,26H,15H2,1-2H3. The monoisotopic (exact) mass is 512 g/mol. The van der Waals surface area contributed by atoms with Crippen LogP contribution in [0.3, 0.4) is 0 Å². The van der Waals surface area contributed by atoms with Crippen molar-refractivity contribution in [3.63, 3.8) is 0 Å². The minimum Gasteiger partial charge on any atom is -0.489 e. The largest absolute Gasteiger partial charge is 0.489 e. The molecule has 7 nitrogen and oxygen atoms in total. The van der Waals surface area contributed by atoms with Gasteiger partial charge in [0.15, 0.2) is 11.2 Å². The molecule has 1 unspecified atom stereocenters. The van der Waals surface area contributed by atoms with Crippen LogP contribution in [-0.2, 0) is 6.61 Å². The van der Waals surface area contributed by atoms with Crippen LogP contribution in [0.5, 0.6) is 5.75 Å². The predicted molar refractivity (Wildman–Crippen MR) is 139 cm³/mol. The SMILES string of the molecule is Cc1ccc2oc3c(c(=O)c2c1)C(c1cccc(OCc2ccccc2Cl)c1)N(c1cc(C)on1)C3=O. The minimum atomic E-state index is -0.781. The summed E-state index contributed by atoms with van der Waals surface area (Å²) in [6, 6.07) is 20.9. The first kappa shape index (κ1) is 23.1. The zero-order valence-electron chi connectivity index (χ0n) is 20.0. The summed E-state index contributed by atoms with van der Waals surface area (Å²) in [5.74, 6) is 0.926. The highest BCUT2D eigenvalue weighted by molar-refractivity contribution is 6.31. The van der Waals surface area contributed by atoms with Crippen LogP contribution in [0.2, 0.25) is 5.02 Å². The van der Waals surface area contributed by atoms with Crippen LogP contribution in [0, 0.1) is 13.8 Å². The lowest BCUT2D eigenvalue weighted by Gasteiger charge is -2.23. The molecule has 0 spiro atoms. The Morgan fingerprint density at radius 1 is 1.00 bits per heavy atom. The lowest BCUT2D eigenvalue weighted by atomic mass is 9.98. The Bertz CT molecular complexity index is 1740. The highest BCUT2D eigenvalue weighted by Crippen LogP contribution is 2.41. The number of ether oxygens (including phenoxy) is 1. The molecule has 1 aliphatic rings. The van der Waals surface area contributed by atoms with Gasteiger partial charge in [0, 0.05) is 16.7 Å². The minimum absolute atomic E-state index is 0.00519. The zero-order valence-corrected chi connectivity index (χ0v) is 20.8. The molecular formula is C29H21ClN2O5. The third-order valence-corrected chi connectivity index (χ3v) is 6.78. The Morgan fingerprint density at radius 2 is 1.84 bits per heavy atom. The van der Waals surface area contributed by atoms with Gasteiger partial charge in [0.2, 0.25) is 5.76 Å². The molecule has 0 fully saturated rings. The molecule has 0 N–H and O–H groups in total. The van der Waals surface area contributed by atoms with E-state index in [1.54, 1.807) is 31.2 Å². The van der Waals surface area contributed by atoms with Crippen LogP contribution in [0.25, 0.3) is 11.0 Å². The number of halogens is 1. The van der Waals surface area contributed by atoms with Gasteiger partial charge < -0.3 is 13.7 Å². The fraction of sp³-hybridized carbons (Fsp3) is 0.138. The first-order valence-electron chi connectivity index (χ1n) is 11.7. The van der Waals surface area contributed by atoms with Crippen molar-refractivity contribution in [1.82, 2.24) is 5.16 Å². The number of benzene rings is 3. The van der Waals surface area contributed by atoms with E-state index in [2.05, 4.69) is 5.16 Å². The van der Waals surface area contributed by atoms with Gasteiger partial charge in [0.25, 0.3) is 5.91 Å². The number of amides is 1. The second-order valence-electron chi connectivity index (χ2n) is 9.00. The average molecular weight is 513 g/mol. The van der Waals surface area contributed by atoms with E-state index in [0.717, 1.165) is 11.1 Å². The topological polar surface area (TPSA) is 85.8 Å². The van der Waals surface area contributed by atoms with E-state index in [1.807, 2.05) is 55.5 Å². The van der Waals surface area contributed by atoms with Crippen molar-refractivity contribution < 1.29 is 18.5 Å². The fourth-order valence-corrected chi connectivity index (χ4v) is 4.85. The zero-order chi connectivity index (χ0) is 25.7. The van der Waals surface area contributed by atoms with Gasteiger partial charge >= 0.3 is 0 Å². The number of rotatable bonds is 5. The summed E-state index contributed by atoms with van der Waals surface area (Å²) in [7, 11) is 0. The van der Waals surface area contributed by atoms with Gasteiger partial charge in [-0.25, -0.2) is 0 Å². The van der Waals surface area contributed by atoms with Crippen molar-refractivity contribution in [1.29, 1.82) is 0 Å². The van der Waals surface area contributed by atoms with Crippen molar-refractivity contribution in [3.05, 3.63) is 122 Å². The summed E-state index contributed by atoms with van der Waals surface area (Å²) in [4.78, 5) is 28.9. The van der Waals surface area contributed by atoms with E-state index in [9.17, 15) is 9.59 Å². The molecule has 8 heteroatoms. The normalized spacial score (nSPS) is 14.8. The molecule has 0 aliphatic carbocycles. The summed E-state index contributed by atoms with van der Waals surface area (Å²) in [5, 5.41) is 5.10. The van der Waals surface area contributed by atoms with Crippen LogP contribution in [0.15, 0.2) is 86.5 Å². The van der Waals surface area contributed by atoms with Crippen molar-refractivity contribution >= 4 is 34.3 Å². The molecule has 2 aromatic heterocycles. The maximum Gasteiger partial charge on any atom is 0.296 e. The molecule has 184 valence electrons. The predicted octanol–water partition coefficient (Wildman–Crippen LogP) is 6.38. The van der Waals surface area contributed by atoms with Gasteiger partial charge in [-0.15, -0.1) is 0 Å². The Labute approximate surface area is 216 Å². The van der Waals surface area contributed by atoms with Crippen molar-refractivity contribution in [2.75, 3.05) is 4.90 Å². The second-order valence-corrected chi connectivity index (χ2v) is 9.41. The van der Waals surface area contributed by atoms with Crippen LogP contribution in [0.1, 0.15) is 44.6 Å². The van der Waals surface area contributed by atoms with Crippen LogP contribution in [0.4, 0.5) is 5.82 Å². The number of carbonyl (C=O) groups is 1. The fourth-order valence-electron chi connectivity index (χ4n) is 4.66. The van der Waals surface area contributed by atoms with Gasteiger partial charge in [0.1, 0.15) is 23.7 Å². The number of fused-ring (bicyclic) bond motifs is 2. The Morgan fingerprint density at radius 3 is 2.62 bits per heavy atom. The third kappa shape index (κ3) is 3.97. The van der Waals surface area contributed by atoms with Crippen molar-refractivity contribution in [2.24, 2.45) is 0 Å². The number of aryl methyl sites for hydroxylation is 2. The molecule has 5 aromatic rings. The molecule has 0 radical (unpaired) electrons. The first-order chi connectivity index (χ1) is 17.9. The third-order valence-electron chi connectivity index (χ3n) is 6.41. The molecule has 1 aliphatic heterocycles. The molecule has 0 saturated heterocycles. The first-order valence-corrected chi connectivity index (χ1v) is 12.1. The summed E-state index contributed by atoms with van der Waals surface area (Å²) in [6.45, 7) is 3.91. The summed E-state index contributed by atoms with van der Waals surface area (Å²) >= 11 is 6.28. The molecule has 1 amide bonds. The van der Waals surface area contributed by atoms with Crippen molar-refractivity contribution in [2.45, 2.75) is 26.5 Å². The molecule has 6 rings (SSSR count). The smallest absolute Gasteiger partial charge is 0.296 e. The number of hydrogen-bond donors (Lipinski definition) is 0. The van der Waals surface area contributed by atoms with E-state index in [1.165, 1.54) is 4.90 Å². The molecular weight excluding hydrogens is 492 g/mol. The lowest BCUT2D eigenvalue weighted by Crippen LogP contribution is -2.29. The molecule has 3 heterocycles. The van der Waals surface area contributed by atoms with Gasteiger partial charge in [-0.3, -0.25) is 14.5 Å². The number of anilines is 1. The molecule has 0 bridgehead atoms. The van der Waals surface area contributed by atoms with E-state index in [-0.39, 0.29) is 23.4 Å². The van der Waals surface area contributed by atoms with E-state index >= 15 is 0 Å². The maximum atomic E-state index is 13.8. The maximum absolute atomic E-state index is 13.8. The van der Waals surface area contributed by atoms with Crippen LogP contribution in [-0.4, -0.2) is 11.1 Å². The molecule has 3 aromatic carbocycles. The van der Waals surface area contributed by atoms with E-state index in [4.69, 9.17) is 25.3 Å². The number of aromatic nitrogens is 1. The van der Waals surface area contributed by atoms with Gasteiger partial charge in [0.05, 0.1) is 17.0 Å². The molecule has 37 heavy (non-hydrogen) atoms. The Hall–Kier alpha value is -4.36. The van der Waals surface area contributed by atoms with Gasteiger partial charge in [-0.05, 0) is 49.7 Å². The summed E-state index contributed by atoms with van der Waals surface area (Å²) in [5.41, 5.74) is 2.79. The Kier molecular flexibility index (Phi) is 5.57. The van der Waals surface area contributed by atoms with Crippen LogP contribution >= 0.6 is 11.6 Å². The molecule has 1 atom stereocenters. The quantitative estimate of drug-likeness (QED) is 0.271. The van der Waals surface area contributed by atoms with Crippen molar-refractivity contribution in [3.8, 4) is 5.75 Å². The average Bonchev–Trinajstić information content (AvgIpc) is 3.45. The highest BCUT2D eigenvalue weighted by Gasteiger charge is 2.45.